The van der Waals surface area contributed by atoms with Crippen LogP contribution < -0.4 is 9.46 Å². The summed E-state index contributed by atoms with van der Waals surface area (Å²) in [5.74, 6) is -0.156. The second kappa shape index (κ2) is 7.54. The van der Waals surface area contributed by atoms with Gasteiger partial charge in [-0.2, -0.15) is 0 Å². The molecule has 2 aromatic rings. The fourth-order valence-electron chi connectivity index (χ4n) is 2.15. The molecule has 0 fully saturated rings. The first-order chi connectivity index (χ1) is 11.0. The highest BCUT2D eigenvalue weighted by molar-refractivity contribution is 7.89. The smallest absolute Gasteiger partial charge is 0.244 e. The van der Waals surface area contributed by atoms with Gasteiger partial charge in [0.2, 0.25) is 10.0 Å². The van der Waals surface area contributed by atoms with Gasteiger partial charge in [-0.15, -0.1) is 0 Å². The molecule has 5 nitrogen and oxygen atoms in total. The summed E-state index contributed by atoms with van der Waals surface area (Å²) in [4.78, 5) is 0.0385. The SMILES string of the molecule is COc1ccccc1S(=O)(=O)NCC(OC)c1cccc(F)c1. The molecule has 1 unspecified atom stereocenters. The molecule has 1 N–H and O–H groups in total. The average molecular weight is 339 g/mol. The van der Waals surface area contributed by atoms with Gasteiger partial charge in [-0.3, -0.25) is 0 Å². The van der Waals surface area contributed by atoms with Crippen LogP contribution in [0.4, 0.5) is 4.39 Å². The molecule has 0 aliphatic carbocycles. The molecule has 1 atom stereocenters. The highest BCUT2D eigenvalue weighted by Crippen LogP contribution is 2.23. The number of benzene rings is 2. The van der Waals surface area contributed by atoms with Crippen molar-refractivity contribution in [3.05, 3.63) is 59.9 Å². The van der Waals surface area contributed by atoms with Crippen LogP contribution in [0, 0.1) is 5.82 Å². The van der Waals surface area contributed by atoms with E-state index in [-0.39, 0.29) is 17.2 Å². The Kier molecular flexibility index (Phi) is 5.70. The summed E-state index contributed by atoms with van der Waals surface area (Å²) in [6, 6.07) is 12.2. The number of sulfonamides is 1. The van der Waals surface area contributed by atoms with E-state index in [1.807, 2.05) is 0 Å². The van der Waals surface area contributed by atoms with E-state index in [4.69, 9.17) is 9.47 Å². The van der Waals surface area contributed by atoms with E-state index in [9.17, 15) is 12.8 Å². The van der Waals surface area contributed by atoms with E-state index in [0.717, 1.165) is 0 Å². The maximum atomic E-state index is 13.3. The number of para-hydroxylation sites is 1. The fraction of sp³-hybridized carbons (Fsp3) is 0.250. The van der Waals surface area contributed by atoms with Crippen LogP contribution >= 0.6 is 0 Å². The van der Waals surface area contributed by atoms with E-state index >= 15 is 0 Å². The number of hydrogen-bond acceptors (Lipinski definition) is 4. The van der Waals surface area contributed by atoms with E-state index in [1.54, 1.807) is 30.3 Å². The minimum Gasteiger partial charge on any atom is -0.495 e. The fourth-order valence-corrected chi connectivity index (χ4v) is 3.35. The summed E-state index contributed by atoms with van der Waals surface area (Å²) in [6.45, 7) is -0.0274. The predicted octanol–water partition coefficient (Wildman–Crippen LogP) is 2.50. The van der Waals surface area contributed by atoms with Crippen LogP contribution in [-0.4, -0.2) is 29.2 Å². The molecule has 0 aliphatic rings. The highest BCUT2D eigenvalue weighted by Gasteiger charge is 2.21. The average Bonchev–Trinajstić information content (AvgIpc) is 2.55. The van der Waals surface area contributed by atoms with Gasteiger partial charge in [-0.05, 0) is 29.8 Å². The Labute approximate surface area is 135 Å². The normalized spacial score (nSPS) is 12.8. The highest BCUT2D eigenvalue weighted by atomic mass is 32.2. The minimum absolute atomic E-state index is 0.0274. The molecule has 0 amide bonds. The van der Waals surface area contributed by atoms with Gasteiger partial charge >= 0.3 is 0 Å². The second-order valence-corrected chi connectivity index (χ2v) is 6.52. The molecule has 0 bridgehead atoms. The third kappa shape index (κ3) is 4.28. The van der Waals surface area contributed by atoms with Crippen molar-refractivity contribution in [3.63, 3.8) is 0 Å². The summed E-state index contributed by atoms with van der Waals surface area (Å²) in [5, 5.41) is 0. The summed E-state index contributed by atoms with van der Waals surface area (Å²) in [6.07, 6.45) is -0.602. The summed E-state index contributed by atoms with van der Waals surface area (Å²) in [7, 11) is -0.936. The molecule has 0 aromatic heterocycles. The molecule has 0 heterocycles. The number of rotatable bonds is 7. The lowest BCUT2D eigenvalue weighted by Gasteiger charge is -2.17. The van der Waals surface area contributed by atoms with Crippen molar-refractivity contribution in [2.45, 2.75) is 11.0 Å². The van der Waals surface area contributed by atoms with Crippen molar-refractivity contribution in [2.75, 3.05) is 20.8 Å². The third-order valence-electron chi connectivity index (χ3n) is 3.32. The zero-order valence-corrected chi connectivity index (χ0v) is 13.6. The number of nitrogens with one attached hydrogen (secondary N) is 1. The van der Waals surface area contributed by atoms with Gasteiger partial charge < -0.3 is 9.47 Å². The first kappa shape index (κ1) is 17.4. The maximum Gasteiger partial charge on any atom is 0.244 e. The zero-order valence-electron chi connectivity index (χ0n) is 12.8. The Morgan fingerprint density at radius 1 is 1.13 bits per heavy atom. The Hall–Kier alpha value is -1.96. The Morgan fingerprint density at radius 3 is 2.52 bits per heavy atom. The van der Waals surface area contributed by atoms with Crippen LogP contribution in [0.1, 0.15) is 11.7 Å². The van der Waals surface area contributed by atoms with Gasteiger partial charge in [-0.25, -0.2) is 17.5 Å². The summed E-state index contributed by atoms with van der Waals surface area (Å²) < 4.78 is 50.9. The molecule has 23 heavy (non-hydrogen) atoms. The Bertz CT molecular complexity index is 764. The largest absolute Gasteiger partial charge is 0.495 e. The molecule has 2 rings (SSSR count). The van der Waals surface area contributed by atoms with E-state index in [2.05, 4.69) is 4.72 Å². The van der Waals surface area contributed by atoms with Crippen molar-refractivity contribution in [3.8, 4) is 5.75 Å². The van der Waals surface area contributed by atoms with Gasteiger partial charge in [0.05, 0.1) is 13.2 Å². The molecule has 124 valence electrons. The van der Waals surface area contributed by atoms with Crippen molar-refractivity contribution in [2.24, 2.45) is 0 Å². The Morgan fingerprint density at radius 2 is 1.87 bits per heavy atom. The Balaban J connectivity index is 2.17. The third-order valence-corrected chi connectivity index (χ3v) is 4.79. The number of halogens is 1. The molecule has 0 spiro atoms. The predicted molar refractivity (Wildman–Crippen MR) is 84.3 cm³/mol. The van der Waals surface area contributed by atoms with Gasteiger partial charge in [-0.1, -0.05) is 24.3 Å². The van der Waals surface area contributed by atoms with Gasteiger partial charge in [0, 0.05) is 13.7 Å². The van der Waals surface area contributed by atoms with Crippen LogP contribution in [0.2, 0.25) is 0 Å². The molecule has 0 aliphatic heterocycles. The quantitative estimate of drug-likeness (QED) is 0.842. The first-order valence-corrected chi connectivity index (χ1v) is 8.37. The topological polar surface area (TPSA) is 64.6 Å². The van der Waals surface area contributed by atoms with E-state index < -0.39 is 21.9 Å². The summed E-state index contributed by atoms with van der Waals surface area (Å²) >= 11 is 0. The van der Waals surface area contributed by atoms with Crippen LogP contribution in [0.25, 0.3) is 0 Å². The molecular weight excluding hydrogens is 321 g/mol. The lowest BCUT2D eigenvalue weighted by molar-refractivity contribution is 0.107. The minimum atomic E-state index is -3.78. The van der Waals surface area contributed by atoms with Crippen LogP contribution in [0.3, 0.4) is 0 Å². The van der Waals surface area contributed by atoms with Crippen molar-refractivity contribution in [1.29, 1.82) is 0 Å². The first-order valence-electron chi connectivity index (χ1n) is 6.89. The molecule has 7 heteroatoms. The van der Waals surface area contributed by atoms with Crippen molar-refractivity contribution < 1.29 is 22.3 Å². The molecule has 2 aromatic carbocycles. The van der Waals surface area contributed by atoms with Gasteiger partial charge in [0.25, 0.3) is 0 Å². The maximum absolute atomic E-state index is 13.3. The van der Waals surface area contributed by atoms with Crippen molar-refractivity contribution in [1.82, 2.24) is 4.72 Å². The van der Waals surface area contributed by atoms with Crippen LogP contribution in [0.15, 0.2) is 53.4 Å². The van der Waals surface area contributed by atoms with Crippen LogP contribution in [-0.2, 0) is 14.8 Å². The van der Waals surface area contributed by atoms with E-state index in [0.29, 0.717) is 5.56 Å². The van der Waals surface area contributed by atoms with Crippen molar-refractivity contribution >= 4 is 10.0 Å². The standard InChI is InChI=1S/C16H18FNO4S/c1-21-14-8-3-4-9-16(14)23(19,20)18-11-15(22-2)12-6-5-7-13(17)10-12/h3-10,15,18H,11H2,1-2H3. The molecule has 0 radical (unpaired) electrons. The lowest BCUT2D eigenvalue weighted by Crippen LogP contribution is -2.29. The zero-order chi connectivity index (χ0) is 16.9. The lowest BCUT2D eigenvalue weighted by atomic mass is 10.1. The van der Waals surface area contributed by atoms with Crippen LogP contribution in [0.5, 0.6) is 5.75 Å². The summed E-state index contributed by atoms with van der Waals surface area (Å²) in [5.41, 5.74) is 0.551. The number of hydrogen-bond donors (Lipinski definition) is 1. The molecule has 0 saturated heterocycles. The molecule has 0 saturated carbocycles. The number of methoxy groups -OCH3 is 2. The monoisotopic (exact) mass is 339 g/mol. The molecular formula is C16H18FNO4S. The van der Waals surface area contributed by atoms with Gasteiger partial charge in [0.15, 0.2) is 0 Å². The second-order valence-electron chi connectivity index (χ2n) is 4.78. The van der Waals surface area contributed by atoms with E-state index in [1.165, 1.54) is 32.4 Å². The van der Waals surface area contributed by atoms with Gasteiger partial charge in [0.1, 0.15) is 16.5 Å². The number of ether oxygens (including phenoxy) is 2.